The fourth-order valence-corrected chi connectivity index (χ4v) is 3.92. The summed E-state index contributed by atoms with van der Waals surface area (Å²) < 4.78 is 17.3. The number of rotatable bonds is 9. The van der Waals surface area contributed by atoms with Gasteiger partial charge in [0.1, 0.15) is 5.82 Å². The van der Waals surface area contributed by atoms with Crippen LogP contribution in [-0.4, -0.2) is 35.0 Å². The molecule has 0 aliphatic carbocycles. The summed E-state index contributed by atoms with van der Waals surface area (Å²) >= 11 is 1.54. The van der Waals surface area contributed by atoms with E-state index in [0.29, 0.717) is 18.1 Å². The second kappa shape index (κ2) is 9.62. The molecule has 0 N–H and O–H groups in total. The van der Waals surface area contributed by atoms with Crippen LogP contribution in [0, 0.1) is 5.82 Å². The summed E-state index contributed by atoms with van der Waals surface area (Å²) in [7, 11) is 0. The lowest BCUT2D eigenvalue weighted by atomic mass is 10.2. The van der Waals surface area contributed by atoms with Crippen molar-refractivity contribution in [2.45, 2.75) is 43.8 Å². The van der Waals surface area contributed by atoms with Crippen LogP contribution in [0.5, 0.6) is 0 Å². The Labute approximate surface area is 178 Å². The molecule has 2 aromatic carbocycles. The average molecular weight is 424 g/mol. The van der Waals surface area contributed by atoms with E-state index in [9.17, 15) is 4.39 Å². The molecule has 0 saturated heterocycles. The van der Waals surface area contributed by atoms with Gasteiger partial charge in [0, 0.05) is 12.1 Å². The smallest absolute Gasteiger partial charge is 0.192 e. The van der Waals surface area contributed by atoms with Gasteiger partial charge < -0.3 is 0 Å². The quantitative estimate of drug-likeness (QED) is 0.376. The van der Waals surface area contributed by atoms with Crippen LogP contribution >= 0.6 is 11.8 Å². The van der Waals surface area contributed by atoms with E-state index in [4.69, 9.17) is 0 Å². The summed E-state index contributed by atoms with van der Waals surface area (Å²) in [6.45, 7) is 3.56. The van der Waals surface area contributed by atoms with Gasteiger partial charge in [-0.05, 0) is 46.7 Å². The fourth-order valence-electron chi connectivity index (χ4n) is 3.05. The Balaban J connectivity index is 1.61. The summed E-state index contributed by atoms with van der Waals surface area (Å²) in [6, 6.07) is 16.4. The van der Waals surface area contributed by atoms with E-state index in [1.54, 1.807) is 23.9 Å². The maximum Gasteiger partial charge on any atom is 0.192 e. The van der Waals surface area contributed by atoms with Crippen LogP contribution in [0.1, 0.15) is 31.2 Å². The number of aryl methyl sites for hydroxylation is 1. The van der Waals surface area contributed by atoms with Crippen LogP contribution in [0.3, 0.4) is 0 Å². The molecule has 154 valence electrons. The Morgan fingerprint density at radius 1 is 0.967 bits per heavy atom. The van der Waals surface area contributed by atoms with Gasteiger partial charge in [0.15, 0.2) is 16.8 Å². The molecular formula is C21H22FN7S. The zero-order valence-electron chi connectivity index (χ0n) is 16.6. The van der Waals surface area contributed by atoms with Crippen molar-refractivity contribution >= 4 is 11.8 Å². The van der Waals surface area contributed by atoms with Gasteiger partial charge in [0.25, 0.3) is 0 Å². The van der Waals surface area contributed by atoms with Crippen molar-refractivity contribution in [3.63, 3.8) is 0 Å². The summed E-state index contributed by atoms with van der Waals surface area (Å²) in [5.41, 5.74) is 1.95. The highest BCUT2D eigenvalue weighted by molar-refractivity contribution is 7.98. The molecular weight excluding hydrogens is 401 g/mol. The van der Waals surface area contributed by atoms with E-state index in [0.717, 1.165) is 41.5 Å². The standard InChI is InChI=1S/C21H22FN7S/c1-2-3-13-29-19(23-26-27-29)15-30-21-25-24-20(17-9-11-18(22)12-10-17)28(21)14-16-7-5-4-6-8-16/h4-12H,2-3,13-15H2,1H3. The van der Waals surface area contributed by atoms with E-state index >= 15 is 0 Å². The minimum absolute atomic E-state index is 0.276. The van der Waals surface area contributed by atoms with Crippen LogP contribution in [0.4, 0.5) is 4.39 Å². The Kier molecular flexibility index (Phi) is 6.48. The molecule has 0 aliphatic rings. The molecule has 30 heavy (non-hydrogen) atoms. The number of thioether (sulfide) groups is 1. The molecule has 0 spiro atoms. The third-order valence-electron chi connectivity index (χ3n) is 4.66. The molecule has 9 heteroatoms. The van der Waals surface area contributed by atoms with Crippen LogP contribution in [-0.2, 0) is 18.8 Å². The Morgan fingerprint density at radius 2 is 1.77 bits per heavy atom. The van der Waals surface area contributed by atoms with E-state index in [-0.39, 0.29) is 5.82 Å². The molecule has 4 rings (SSSR count). The van der Waals surface area contributed by atoms with Crippen LogP contribution in [0.25, 0.3) is 11.4 Å². The Morgan fingerprint density at radius 3 is 2.53 bits per heavy atom. The van der Waals surface area contributed by atoms with Crippen molar-refractivity contribution in [1.29, 1.82) is 0 Å². The number of tetrazole rings is 1. The summed E-state index contributed by atoms with van der Waals surface area (Å²) in [5.74, 6) is 1.83. The van der Waals surface area contributed by atoms with Gasteiger partial charge in [-0.15, -0.1) is 15.3 Å². The monoisotopic (exact) mass is 423 g/mol. The fraction of sp³-hybridized carbons (Fsp3) is 0.286. The molecule has 7 nitrogen and oxygen atoms in total. The largest absolute Gasteiger partial charge is 0.298 e. The predicted molar refractivity (Wildman–Crippen MR) is 113 cm³/mol. The zero-order chi connectivity index (χ0) is 20.8. The van der Waals surface area contributed by atoms with E-state index in [1.165, 1.54) is 12.1 Å². The number of nitrogens with zero attached hydrogens (tertiary/aromatic N) is 7. The minimum Gasteiger partial charge on any atom is -0.298 e. The molecule has 0 fully saturated rings. The van der Waals surface area contributed by atoms with Gasteiger partial charge in [0.2, 0.25) is 0 Å². The molecule has 0 bridgehead atoms. The van der Waals surface area contributed by atoms with Crippen molar-refractivity contribution in [3.05, 3.63) is 71.8 Å². The first kappa shape index (κ1) is 20.2. The van der Waals surface area contributed by atoms with E-state index < -0.39 is 0 Å². The number of aromatic nitrogens is 7. The van der Waals surface area contributed by atoms with E-state index in [1.807, 2.05) is 27.4 Å². The van der Waals surface area contributed by atoms with Crippen LogP contribution < -0.4 is 0 Å². The first-order valence-electron chi connectivity index (χ1n) is 9.85. The van der Waals surface area contributed by atoms with Gasteiger partial charge in [-0.25, -0.2) is 9.07 Å². The lowest BCUT2D eigenvalue weighted by Crippen LogP contribution is -2.07. The average Bonchev–Trinajstić information content (AvgIpc) is 3.39. The third kappa shape index (κ3) is 4.73. The van der Waals surface area contributed by atoms with Crippen molar-refractivity contribution in [2.75, 3.05) is 0 Å². The molecule has 0 aliphatic heterocycles. The Hall–Kier alpha value is -3.07. The van der Waals surface area contributed by atoms with Crippen molar-refractivity contribution < 1.29 is 4.39 Å². The zero-order valence-corrected chi connectivity index (χ0v) is 17.5. The number of hydrogen-bond donors (Lipinski definition) is 0. The van der Waals surface area contributed by atoms with Crippen LogP contribution in [0.15, 0.2) is 59.8 Å². The molecule has 0 atom stereocenters. The van der Waals surface area contributed by atoms with Crippen molar-refractivity contribution in [3.8, 4) is 11.4 Å². The van der Waals surface area contributed by atoms with Gasteiger partial charge in [0.05, 0.1) is 12.3 Å². The molecule has 2 aromatic heterocycles. The first-order chi connectivity index (χ1) is 14.7. The van der Waals surface area contributed by atoms with Gasteiger partial charge in [-0.2, -0.15) is 0 Å². The number of unbranched alkanes of at least 4 members (excludes halogenated alkanes) is 1. The maximum atomic E-state index is 13.4. The first-order valence-corrected chi connectivity index (χ1v) is 10.8. The highest BCUT2D eigenvalue weighted by atomic mass is 32.2. The summed E-state index contributed by atoms with van der Waals surface area (Å²) in [6.07, 6.45) is 2.11. The van der Waals surface area contributed by atoms with Gasteiger partial charge in [-0.1, -0.05) is 55.4 Å². The second-order valence-electron chi connectivity index (χ2n) is 6.85. The van der Waals surface area contributed by atoms with Gasteiger partial charge in [-0.3, -0.25) is 4.57 Å². The lowest BCUT2D eigenvalue weighted by molar-refractivity contribution is 0.540. The predicted octanol–water partition coefficient (Wildman–Crippen LogP) is 4.21. The van der Waals surface area contributed by atoms with Gasteiger partial charge >= 0.3 is 0 Å². The molecule has 0 amide bonds. The highest BCUT2D eigenvalue weighted by Gasteiger charge is 2.16. The molecule has 4 aromatic rings. The molecule has 2 heterocycles. The molecule has 0 unspecified atom stereocenters. The second-order valence-corrected chi connectivity index (χ2v) is 7.79. The maximum absolute atomic E-state index is 13.4. The summed E-state index contributed by atoms with van der Waals surface area (Å²) in [4.78, 5) is 0. The summed E-state index contributed by atoms with van der Waals surface area (Å²) in [5, 5.41) is 21.6. The number of benzene rings is 2. The topological polar surface area (TPSA) is 74.3 Å². The molecule has 0 radical (unpaired) electrons. The SMILES string of the molecule is CCCCn1nnnc1CSc1nnc(-c2ccc(F)cc2)n1Cc1ccccc1. The lowest BCUT2D eigenvalue weighted by Gasteiger charge is -2.10. The number of hydrogen-bond acceptors (Lipinski definition) is 6. The van der Waals surface area contributed by atoms with E-state index in [2.05, 4.69) is 44.8 Å². The van der Waals surface area contributed by atoms with Crippen molar-refractivity contribution in [1.82, 2.24) is 35.0 Å². The highest BCUT2D eigenvalue weighted by Crippen LogP contribution is 2.27. The normalized spacial score (nSPS) is 11.1. The minimum atomic E-state index is -0.276. The number of halogens is 1. The van der Waals surface area contributed by atoms with Crippen LogP contribution in [0.2, 0.25) is 0 Å². The van der Waals surface area contributed by atoms with Crippen molar-refractivity contribution in [2.24, 2.45) is 0 Å². The third-order valence-corrected chi connectivity index (χ3v) is 5.63. The Bertz CT molecular complexity index is 1080. The molecule has 0 saturated carbocycles.